The molecule has 0 aliphatic rings. The van der Waals surface area contributed by atoms with Gasteiger partial charge in [0.2, 0.25) is 5.91 Å². The zero-order valence-electron chi connectivity index (χ0n) is 17.5. The fourth-order valence-electron chi connectivity index (χ4n) is 3.05. The van der Waals surface area contributed by atoms with Gasteiger partial charge in [0, 0.05) is 24.0 Å². The van der Waals surface area contributed by atoms with E-state index in [9.17, 15) is 9.59 Å². The average molecular weight is 464 g/mol. The van der Waals surface area contributed by atoms with Crippen LogP contribution in [0.4, 0.5) is 11.4 Å². The molecule has 2 heterocycles. The summed E-state index contributed by atoms with van der Waals surface area (Å²) >= 11 is 2.93. The summed E-state index contributed by atoms with van der Waals surface area (Å²) in [5.74, 6) is 0.679. The summed E-state index contributed by atoms with van der Waals surface area (Å²) < 4.78 is 1.89. The molecule has 0 spiro atoms. The minimum absolute atomic E-state index is 0.139. The van der Waals surface area contributed by atoms with Crippen LogP contribution < -0.4 is 10.6 Å². The third kappa shape index (κ3) is 5.06. The monoisotopic (exact) mass is 463 g/mol. The predicted molar refractivity (Wildman–Crippen MR) is 129 cm³/mol. The normalized spacial score (nSPS) is 10.7. The molecule has 2 aromatic carbocycles. The van der Waals surface area contributed by atoms with E-state index in [1.54, 1.807) is 35.6 Å². The standard InChI is InChI=1S/C23H21N5O2S2/c1-15-13-17(24-22(30)16-7-4-3-5-8-16)10-11-18(15)25-20(29)14-32-23-27-26-21(28(23)2)19-9-6-12-31-19/h3-13H,14H2,1-2H3,(H,24,30)(H,25,29). The summed E-state index contributed by atoms with van der Waals surface area (Å²) in [5.41, 5.74) is 2.81. The smallest absolute Gasteiger partial charge is 0.255 e. The van der Waals surface area contributed by atoms with Gasteiger partial charge >= 0.3 is 0 Å². The van der Waals surface area contributed by atoms with Gasteiger partial charge < -0.3 is 15.2 Å². The highest BCUT2D eigenvalue weighted by molar-refractivity contribution is 7.99. The molecule has 162 valence electrons. The van der Waals surface area contributed by atoms with E-state index >= 15 is 0 Å². The fraction of sp³-hybridized carbons (Fsp3) is 0.130. The SMILES string of the molecule is Cc1cc(NC(=O)c2ccccc2)ccc1NC(=O)CSc1nnc(-c2cccs2)n1C. The molecule has 2 aromatic heterocycles. The van der Waals surface area contributed by atoms with E-state index in [0.29, 0.717) is 22.1 Å². The molecule has 32 heavy (non-hydrogen) atoms. The van der Waals surface area contributed by atoms with Crippen LogP contribution in [-0.4, -0.2) is 32.3 Å². The second kappa shape index (κ2) is 9.80. The molecule has 0 aliphatic heterocycles. The zero-order valence-corrected chi connectivity index (χ0v) is 19.2. The molecule has 0 fully saturated rings. The van der Waals surface area contributed by atoms with Gasteiger partial charge in [-0.2, -0.15) is 0 Å². The van der Waals surface area contributed by atoms with Crippen molar-refractivity contribution in [1.82, 2.24) is 14.8 Å². The molecule has 7 nitrogen and oxygen atoms in total. The molecular formula is C23H21N5O2S2. The van der Waals surface area contributed by atoms with Crippen molar-refractivity contribution in [1.29, 1.82) is 0 Å². The van der Waals surface area contributed by atoms with E-state index in [1.165, 1.54) is 11.8 Å². The van der Waals surface area contributed by atoms with Gasteiger partial charge in [0.15, 0.2) is 11.0 Å². The first-order chi connectivity index (χ1) is 15.5. The first-order valence-corrected chi connectivity index (χ1v) is 11.7. The van der Waals surface area contributed by atoms with E-state index < -0.39 is 0 Å². The van der Waals surface area contributed by atoms with E-state index in [4.69, 9.17) is 0 Å². The van der Waals surface area contributed by atoms with Crippen LogP contribution in [0.5, 0.6) is 0 Å². The Morgan fingerprint density at radius 2 is 1.84 bits per heavy atom. The van der Waals surface area contributed by atoms with Gasteiger partial charge in [-0.15, -0.1) is 21.5 Å². The zero-order chi connectivity index (χ0) is 22.5. The van der Waals surface area contributed by atoms with Crippen molar-refractivity contribution in [3.8, 4) is 10.7 Å². The Kier molecular flexibility index (Phi) is 6.67. The van der Waals surface area contributed by atoms with E-state index in [0.717, 1.165) is 16.3 Å². The highest BCUT2D eigenvalue weighted by Gasteiger charge is 2.14. The van der Waals surface area contributed by atoms with Crippen LogP contribution in [0.2, 0.25) is 0 Å². The molecule has 0 radical (unpaired) electrons. The quantitative estimate of drug-likeness (QED) is 0.383. The molecule has 0 saturated heterocycles. The molecule has 2 amide bonds. The maximum atomic E-state index is 12.5. The Morgan fingerprint density at radius 3 is 2.56 bits per heavy atom. The number of benzene rings is 2. The minimum Gasteiger partial charge on any atom is -0.325 e. The third-order valence-corrected chi connectivity index (χ3v) is 6.59. The Labute approximate surface area is 193 Å². The number of aromatic nitrogens is 3. The number of rotatable bonds is 7. The fourth-order valence-corrected chi connectivity index (χ4v) is 4.51. The maximum absolute atomic E-state index is 12.5. The van der Waals surface area contributed by atoms with Gasteiger partial charge in [0.1, 0.15) is 0 Å². The predicted octanol–water partition coefficient (Wildman–Crippen LogP) is 4.84. The number of carbonyl (C=O) groups excluding carboxylic acids is 2. The van der Waals surface area contributed by atoms with Crippen molar-refractivity contribution >= 4 is 46.3 Å². The lowest BCUT2D eigenvalue weighted by atomic mass is 10.1. The molecule has 0 unspecified atom stereocenters. The number of aryl methyl sites for hydroxylation is 1. The Morgan fingerprint density at radius 1 is 1.03 bits per heavy atom. The highest BCUT2D eigenvalue weighted by Crippen LogP contribution is 2.26. The number of thiophene rings is 1. The van der Waals surface area contributed by atoms with Crippen LogP contribution in [0, 0.1) is 6.92 Å². The van der Waals surface area contributed by atoms with Crippen LogP contribution in [0.15, 0.2) is 71.2 Å². The summed E-state index contributed by atoms with van der Waals surface area (Å²) in [6, 6.07) is 18.4. The lowest BCUT2D eigenvalue weighted by Gasteiger charge is -2.11. The summed E-state index contributed by atoms with van der Waals surface area (Å²) in [5, 5.41) is 16.9. The molecule has 4 rings (SSSR count). The van der Waals surface area contributed by atoms with Gasteiger partial charge in [0.05, 0.1) is 10.6 Å². The lowest BCUT2D eigenvalue weighted by molar-refractivity contribution is -0.113. The average Bonchev–Trinajstić information content (AvgIpc) is 3.44. The second-order valence-electron chi connectivity index (χ2n) is 7.03. The summed E-state index contributed by atoms with van der Waals surface area (Å²) in [4.78, 5) is 25.8. The molecule has 4 aromatic rings. The molecular weight excluding hydrogens is 442 g/mol. The number of carbonyl (C=O) groups is 2. The highest BCUT2D eigenvalue weighted by atomic mass is 32.2. The van der Waals surface area contributed by atoms with Crippen molar-refractivity contribution in [2.24, 2.45) is 7.05 Å². The molecule has 2 N–H and O–H groups in total. The number of anilines is 2. The number of hydrogen-bond donors (Lipinski definition) is 2. The number of thioether (sulfide) groups is 1. The Balaban J connectivity index is 1.34. The van der Waals surface area contributed by atoms with Gasteiger partial charge in [-0.3, -0.25) is 9.59 Å². The van der Waals surface area contributed by atoms with Crippen molar-refractivity contribution in [2.45, 2.75) is 12.1 Å². The van der Waals surface area contributed by atoms with Gasteiger partial charge in [-0.05, 0) is 54.3 Å². The van der Waals surface area contributed by atoms with Crippen molar-refractivity contribution in [3.05, 3.63) is 77.2 Å². The van der Waals surface area contributed by atoms with Crippen LogP contribution >= 0.6 is 23.1 Å². The second-order valence-corrected chi connectivity index (χ2v) is 8.92. The number of nitrogens with zero attached hydrogens (tertiary/aromatic N) is 3. The van der Waals surface area contributed by atoms with E-state index in [1.807, 2.05) is 60.3 Å². The number of amides is 2. The van der Waals surface area contributed by atoms with Crippen LogP contribution in [0.3, 0.4) is 0 Å². The van der Waals surface area contributed by atoms with Gasteiger partial charge in [-0.25, -0.2) is 0 Å². The molecule has 0 bridgehead atoms. The molecule has 0 atom stereocenters. The van der Waals surface area contributed by atoms with E-state index in [2.05, 4.69) is 20.8 Å². The maximum Gasteiger partial charge on any atom is 0.255 e. The van der Waals surface area contributed by atoms with Gasteiger partial charge in [-0.1, -0.05) is 36.0 Å². The first-order valence-electron chi connectivity index (χ1n) is 9.84. The summed E-state index contributed by atoms with van der Waals surface area (Å²) in [6.45, 7) is 1.89. The van der Waals surface area contributed by atoms with Gasteiger partial charge in [0.25, 0.3) is 5.91 Å². The summed E-state index contributed by atoms with van der Waals surface area (Å²) in [7, 11) is 1.89. The summed E-state index contributed by atoms with van der Waals surface area (Å²) in [6.07, 6.45) is 0. The molecule has 9 heteroatoms. The molecule has 0 saturated carbocycles. The first kappa shape index (κ1) is 21.8. The largest absolute Gasteiger partial charge is 0.325 e. The topological polar surface area (TPSA) is 88.9 Å². The number of nitrogens with one attached hydrogen (secondary N) is 2. The van der Waals surface area contributed by atoms with E-state index in [-0.39, 0.29) is 17.6 Å². The van der Waals surface area contributed by atoms with Crippen LogP contribution in [-0.2, 0) is 11.8 Å². The van der Waals surface area contributed by atoms with Crippen LogP contribution in [0.25, 0.3) is 10.7 Å². The van der Waals surface area contributed by atoms with Crippen molar-refractivity contribution in [2.75, 3.05) is 16.4 Å². The van der Waals surface area contributed by atoms with Crippen molar-refractivity contribution < 1.29 is 9.59 Å². The Hall–Kier alpha value is -3.43. The molecule has 0 aliphatic carbocycles. The number of hydrogen-bond acceptors (Lipinski definition) is 6. The third-order valence-electron chi connectivity index (χ3n) is 4.70. The minimum atomic E-state index is -0.177. The lowest BCUT2D eigenvalue weighted by Crippen LogP contribution is -2.16. The Bertz CT molecular complexity index is 1240. The van der Waals surface area contributed by atoms with Crippen LogP contribution in [0.1, 0.15) is 15.9 Å². The van der Waals surface area contributed by atoms with Crippen molar-refractivity contribution in [3.63, 3.8) is 0 Å².